The van der Waals surface area contributed by atoms with Crippen LogP contribution >= 0.6 is 0 Å². The fourth-order valence-corrected chi connectivity index (χ4v) is 3.55. The molecule has 154 valence electrons. The summed E-state index contributed by atoms with van der Waals surface area (Å²) in [6.07, 6.45) is 4.78. The van der Waals surface area contributed by atoms with Crippen LogP contribution in [-0.2, 0) is 23.9 Å². The molecule has 1 aromatic carbocycles. The number of anilines is 1. The van der Waals surface area contributed by atoms with Crippen LogP contribution in [-0.4, -0.2) is 48.3 Å². The number of esters is 1. The van der Waals surface area contributed by atoms with Crippen molar-refractivity contribution in [3.63, 3.8) is 0 Å². The van der Waals surface area contributed by atoms with E-state index in [0.29, 0.717) is 30.9 Å². The van der Waals surface area contributed by atoms with Crippen LogP contribution in [0.15, 0.2) is 36.4 Å². The van der Waals surface area contributed by atoms with E-state index in [1.807, 2.05) is 19.1 Å². The van der Waals surface area contributed by atoms with E-state index in [0.717, 1.165) is 4.90 Å². The standard InChI is InChI=1S/C21H24N2O6/c1-2-28-17-10-6-5-9-16(17)22-18(24)13-29-19(25)11-12-23-20(26)14-7-3-4-8-15(14)21(23)27/h3-6,9-10,14-15H,2,7-8,11-13H2,1H3,(H,22,24)/t14-,15+. The molecule has 2 aliphatic rings. The summed E-state index contributed by atoms with van der Waals surface area (Å²) in [6, 6.07) is 6.95. The maximum Gasteiger partial charge on any atom is 0.308 e. The molecule has 1 N–H and O–H groups in total. The highest BCUT2D eigenvalue weighted by molar-refractivity contribution is 6.05. The normalized spacial score (nSPS) is 20.4. The topological polar surface area (TPSA) is 102 Å². The highest BCUT2D eigenvalue weighted by atomic mass is 16.5. The quantitative estimate of drug-likeness (QED) is 0.406. The molecule has 1 heterocycles. The fraction of sp³-hybridized carbons (Fsp3) is 0.429. The van der Waals surface area contributed by atoms with Crippen LogP contribution in [0.4, 0.5) is 5.69 Å². The molecule has 2 atom stereocenters. The number of hydrogen-bond donors (Lipinski definition) is 1. The zero-order valence-corrected chi connectivity index (χ0v) is 16.3. The molecule has 1 aliphatic carbocycles. The third kappa shape index (κ3) is 4.82. The molecule has 29 heavy (non-hydrogen) atoms. The van der Waals surface area contributed by atoms with E-state index in [1.54, 1.807) is 24.3 Å². The van der Waals surface area contributed by atoms with Crippen LogP contribution in [0.1, 0.15) is 26.2 Å². The van der Waals surface area contributed by atoms with Crippen molar-refractivity contribution >= 4 is 29.4 Å². The second-order valence-electron chi connectivity index (χ2n) is 6.87. The van der Waals surface area contributed by atoms with Crippen molar-refractivity contribution in [2.24, 2.45) is 11.8 Å². The first-order valence-corrected chi connectivity index (χ1v) is 9.68. The van der Waals surface area contributed by atoms with Crippen LogP contribution in [0.25, 0.3) is 0 Å². The molecule has 0 saturated carbocycles. The van der Waals surface area contributed by atoms with Gasteiger partial charge in [-0.3, -0.25) is 24.1 Å². The molecular formula is C21H24N2O6. The Kier molecular flexibility index (Phi) is 6.64. The molecule has 0 aromatic heterocycles. The van der Waals surface area contributed by atoms with Gasteiger partial charge in [-0.2, -0.15) is 0 Å². The third-order valence-corrected chi connectivity index (χ3v) is 4.96. The number of ether oxygens (including phenoxy) is 2. The predicted molar refractivity (Wildman–Crippen MR) is 104 cm³/mol. The number of para-hydroxylation sites is 2. The van der Waals surface area contributed by atoms with Crippen LogP contribution in [0.2, 0.25) is 0 Å². The minimum Gasteiger partial charge on any atom is -0.492 e. The average Bonchev–Trinajstić information content (AvgIpc) is 2.97. The molecule has 0 radical (unpaired) electrons. The van der Waals surface area contributed by atoms with Gasteiger partial charge in [0.05, 0.1) is 30.6 Å². The number of benzene rings is 1. The highest BCUT2D eigenvalue weighted by Crippen LogP contribution is 2.35. The summed E-state index contributed by atoms with van der Waals surface area (Å²) in [5.74, 6) is -1.73. The number of carbonyl (C=O) groups is 4. The lowest BCUT2D eigenvalue weighted by Crippen LogP contribution is -2.33. The highest BCUT2D eigenvalue weighted by Gasteiger charge is 2.46. The molecule has 8 nitrogen and oxygen atoms in total. The monoisotopic (exact) mass is 400 g/mol. The Morgan fingerprint density at radius 3 is 2.41 bits per heavy atom. The Hall–Kier alpha value is -3.16. The maximum absolute atomic E-state index is 12.4. The van der Waals surface area contributed by atoms with Gasteiger partial charge in [-0.15, -0.1) is 0 Å². The van der Waals surface area contributed by atoms with Crippen LogP contribution < -0.4 is 10.1 Å². The van der Waals surface area contributed by atoms with E-state index in [-0.39, 0.29) is 36.6 Å². The van der Waals surface area contributed by atoms with Crippen LogP contribution in [0.5, 0.6) is 5.75 Å². The number of imide groups is 1. The fourth-order valence-electron chi connectivity index (χ4n) is 3.55. The Morgan fingerprint density at radius 1 is 1.10 bits per heavy atom. The first kappa shape index (κ1) is 20.6. The van der Waals surface area contributed by atoms with Gasteiger partial charge in [0.25, 0.3) is 5.91 Å². The summed E-state index contributed by atoms with van der Waals surface area (Å²) < 4.78 is 10.4. The first-order chi connectivity index (χ1) is 14.0. The minimum atomic E-state index is -0.646. The lowest BCUT2D eigenvalue weighted by Gasteiger charge is -2.14. The molecule has 1 fully saturated rings. The zero-order valence-electron chi connectivity index (χ0n) is 16.3. The van der Waals surface area contributed by atoms with E-state index in [1.165, 1.54) is 0 Å². The van der Waals surface area contributed by atoms with Crippen molar-refractivity contribution in [3.8, 4) is 5.75 Å². The largest absolute Gasteiger partial charge is 0.492 e. The summed E-state index contributed by atoms with van der Waals surface area (Å²) in [4.78, 5) is 49.9. The lowest BCUT2D eigenvalue weighted by atomic mass is 9.85. The molecule has 0 spiro atoms. The van der Waals surface area contributed by atoms with Gasteiger partial charge in [-0.25, -0.2) is 0 Å². The Labute approximate surface area is 168 Å². The van der Waals surface area contributed by atoms with Crippen molar-refractivity contribution in [1.29, 1.82) is 0 Å². The Balaban J connectivity index is 1.44. The Bertz CT molecular complexity index is 808. The molecule has 1 saturated heterocycles. The molecule has 8 heteroatoms. The van der Waals surface area contributed by atoms with Crippen LogP contribution in [0, 0.1) is 11.8 Å². The van der Waals surface area contributed by atoms with Gasteiger partial charge >= 0.3 is 5.97 Å². The zero-order chi connectivity index (χ0) is 20.8. The van der Waals surface area contributed by atoms with Gasteiger partial charge in [0.1, 0.15) is 5.75 Å². The number of nitrogens with one attached hydrogen (secondary N) is 1. The van der Waals surface area contributed by atoms with Crippen molar-refractivity contribution in [2.75, 3.05) is 25.1 Å². The maximum atomic E-state index is 12.4. The number of rotatable bonds is 8. The van der Waals surface area contributed by atoms with E-state index < -0.39 is 18.5 Å². The van der Waals surface area contributed by atoms with E-state index in [2.05, 4.69) is 5.32 Å². The lowest BCUT2D eigenvalue weighted by molar-refractivity contribution is -0.148. The van der Waals surface area contributed by atoms with Crippen LogP contribution in [0.3, 0.4) is 0 Å². The summed E-state index contributed by atoms with van der Waals surface area (Å²) >= 11 is 0. The summed E-state index contributed by atoms with van der Waals surface area (Å²) in [7, 11) is 0. The van der Waals surface area contributed by atoms with Gasteiger partial charge in [-0.05, 0) is 31.9 Å². The SMILES string of the molecule is CCOc1ccccc1NC(=O)COC(=O)CCN1C(=O)[C@H]2CC=CC[C@H]2C1=O. The predicted octanol–water partition coefficient (Wildman–Crippen LogP) is 1.91. The molecule has 3 rings (SSSR count). The van der Waals surface area contributed by atoms with Gasteiger partial charge in [0.15, 0.2) is 6.61 Å². The van der Waals surface area contributed by atoms with E-state index >= 15 is 0 Å². The van der Waals surface area contributed by atoms with E-state index in [9.17, 15) is 19.2 Å². The number of likely N-dealkylation sites (tertiary alicyclic amines) is 1. The van der Waals surface area contributed by atoms with Crippen molar-refractivity contribution in [2.45, 2.75) is 26.2 Å². The van der Waals surface area contributed by atoms with Gasteiger partial charge in [0, 0.05) is 6.54 Å². The molecule has 3 amide bonds. The summed E-state index contributed by atoms with van der Waals surface area (Å²) in [6.45, 7) is 1.80. The Morgan fingerprint density at radius 2 is 1.76 bits per heavy atom. The number of amides is 3. The first-order valence-electron chi connectivity index (χ1n) is 9.68. The third-order valence-electron chi connectivity index (χ3n) is 4.96. The molecule has 1 aliphatic heterocycles. The summed E-state index contributed by atoms with van der Waals surface area (Å²) in [5.41, 5.74) is 0.486. The number of fused-ring (bicyclic) bond motifs is 1. The number of carbonyl (C=O) groups excluding carboxylic acids is 4. The van der Waals surface area contributed by atoms with Crippen molar-refractivity contribution in [3.05, 3.63) is 36.4 Å². The number of allylic oxidation sites excluding steroid dienone is 2. The second kappa shape index (κ2) is 9.36. The van der Waals surface area contributed by atoms with Gasteiger partial charge < -0.3 is 14.8 Å². The van der Waals surface area contributed by atoms with Crippen molar-refractivity contribution in [1.82, 2.24) is 4.90 Å². The summed E-state index contributed by atoms with van der Waals surface area (Å²) in [5, 5.41) is 2.63. The minimum absolute atomic E-state index is 0.0295. The molecule has 1 aromatic rings. The van der Waals surface area contributed by atoms with Gasteiger partial charge in [-0.1, -0.05) is 24.3 Å². The van der Waals surface area contributed by atoms with Gasteiger partial charge in [0.2, 0.25) is 11.8 Å². The second-order valence-corrected chi connectivity index (χ2v) is 6.87. The van der Waals surface area contributed by atoms with Crippen molar-refractivity contribution < 1.29 is 28.7 Å². The smallest absolute Gasteiger partial charge is 0.308 e. The number of hydrogen-bond acceptors (Lipinski definition) is 6. The van der Waals surface area contributed by atoms with E-state index in [4.69, 9.17) is 9.47 Å². The molecule has 0 bridgehead atoms. The number of nitrogens with zero attached hydrogens (tertiary/aromatic N) is 1. The molecular weight excluding hydrogens is 376 g/mol. The molecule has 0 unspecified atom stereocenters. The average molecular weight is 400 g/mol.